The number of rotatable bonds is 4. The van der Waals surface area contributed by atoms with E-state index in [1.54, 1.807) is 6.26 Å². The largest absolute Gasteiger partial charge is 0.387 e. The van der Waals surface area contributed by atoms with Gasteiger partial charge in [-0.1, -0.05) is 62.4 Å². The third-order valence-corrected chi connectivity index (χ3v) is 3.73. The van der Waals surface area contributed by atoms with Crippen LogP contribution in [0.1, 0.15) is 37.5 Å². The van der Waals surface area contributed by atoms with Crippen LogP contribution in [0, 0.1) is 11.5 Å². The zero-order valence-electron chi connectivity index (χ0n) is 12.6. The van der Waals surface area contributed by atoms with Crippen LogP contribution in [-0.2, 0) is 5.41 Å². The average molecular weight is 277 g/mol. The van der Waals surface area contributed by atoms with Crippen LogP contribution in [0.5, 0.6) is 5.75 Å². The second-order valence-corrected chi connectivity index (χ2v) is 5.44. The van der Waals surface area contributed by atoms with Crippen LogP contribution in [0.4, 0.5) is 0 Å². The van der Waals surface area contributed by atoms with E-state index in [9.17, 15) is 0 Å². The third-order valence-electron chi connectivity index (χ3n) is 3.73. The van der Waals surface area contributed by atoms with E-state index in [2.05, 4.69) is 44.2 Å². The van der Waals surface area contributed by atoms with E-state index >= 15 is 0 Å². The summed E-state index contributed by atoms with van der Waals surface area (Å²) in [5.41, 5.74) is 3.25. The molecule has 0 unspecified atom stereocenters. The molecule has 0 fully saturated rings. The van der Waals surface area contributed by atoms with Crippen molar-refractivity contribution in [1.82, 2.24) is 0 Å². The first-order valence-corrected chi connectivity index (χ1v) is 6.98. The maximum atomic E-state index is 8.72. The summed E-state index contributed by atoms with van der Waals surface area (Å²) in [7, 11) is 0. The van der Waals surface area contributed by atoms with Crippen molar-refractivity contribution in [2.45, 2.75) is 26.2 Å². The topological polar surface area (TPSA) is 33.0 Å². The molecule has 0 aliphatic heterocycles. The summed E-state index contributed by atoms with van der Waals surface area (Å²) in [5.74, 6) is 0.586. The van der Waals surface area contributed by atoms with E-state index in [1.165, 1.54) is 11.1 Å². The van der Waals surface area contributed by atoms with Crippen LogP contribution < -0.4 is 4.74 Å². The smallest absolute Gasteiger partial charge is 0.292 e. The lowest BCUT2D eigenvalue weighted by Gasteiger charge is -2.26. The zero-order valence-corrected chi connectivity index (χ0v) is 12.6. The fourth-order valence-corrected chi connectivity index (χ4v) is 2.41. The number of nitrogens with zero attached hydrogens (tertiary/aromatic N) is 1. The molecule has 2 rings (SSSR count). The minimum Gasteiger partial charge on any atom is -0.387 e. The Kier molecular flexibility index (Phi) is 4.45. The summed E-state index contributed by atoms with van der Waals surface area (Å²) in [6.07, 6.45) is 5.64. The van der Waals surface area contributed by atoms with Gasteiger partial charge in [-0.3, -0.25) is 0 Å². The highest BCUT2D eigenvalue weighted by molar-refractivity contribution is 5.60. The lowest BCUT2D eigenvalue weighted by molar-refractivity contribution is 0.505. The molecule has 106 valence electrons. The highest BCUT2D eigenvalue weighted by Crippen LogP contribution is 2.34. The summed E-state index contributed by atoms with van der Waals surface area (Å²) in [6.45, 7) is 6.34. The number of hydrogen-bond donors (Lipinski definition) is 0. The predicted molar refractivity (Wildman–Crippen MR) is 86.0 cm³/mol. The maximum Gasteiger partial charge on any atom is 0.292 e. The molecule has 0 radical (unpaired) electrons. The van der Waals surface area contributed by atoms with Gasteiger partial charge >= 0.3 is 0 Å². The van der Waals surface area contributed by atoms with Crippen LogP contribution >= 0.6 is 0 Å². The van der Waals surface area contributed by atoms with Crippen molar-refractivity contribution in [2.75, 3.05) is 0 Å². The van der Waals surface area contributed by atoms with Crippen molar-refractivity contribution < 1.29 is 4.74 Å². The van der Waals surface area contributed by atoms with E-state index < -0.39 is 0 Å². The molecule has 0 heterocycles. The summed E-state index contributed by atoms with van der Waals surface area (Å²) in [6, 6.07) is 16.4. The van der Waals surface area contributed by atoms with Crippen LogP contribution in [0.3, 0.4) is 0 Å². The van der Waals surface area contributed by atoms with E-state index in [1.807, 2.05) is 37.3 Å². The molecule has 0 N–H and O–H groups in total. The van der Waals surface area contributed by atoms with Crippen molar-refractivity contribution in [3.63, 3.8) is 0 Å². The van der Waals surface area contributed by atoms with Crippen molar-refractivity contribution >= 4 is 6.08 Å². The molecule has 0 bridgehead atoms. The Balaban J connectivity index is 2.50. The molecule has 21 heavy (non-hydrogen) atoms. The number of hydrogen-bond acceptors (Lipinski definition) is 2. The van der Waals surface area contributed by atoms with Gasteiger partial charge in [0.15, 0.2) is 0 Å². The van der Waals surface area contributed by atoms with Gasteiger partial charge in [0.1, 0.15) is 5.75 Å². The molecule has 0 saturated heterocycles. The molecular weight excluding hydrogens is 258 g/mol. The molecule has 0 aliphatic carbocycles. The molecule has 2 aromatic rings. The third kappa shape index (κ3) is 3.14. The van der Waals surface area contributed by atoms with E-state index in [4.69, 9.17) is 10.00 Å². The molecule has 2 heteroatoms. The second kappa shape index (κ2) is 6.28. The second-order valence-electron chi connectivity index (χ2n) is 5.44. The summed E-state index contributed by atoms with van der Waals surface area (Å²) >= 11 is 0. The molecule has 2 nitrogen and oxygen atoms in total. The minimum atomic E-state index is -0.108. The number of benzene rings is 2. The van der Waals surface area contributed by atoms with Crippen molar-refractivity contribution in [3.8, 4) is 12.0 Å². The number of allylic oxidation sites excluding steroid dienone is 1. The summed E-state index contributed by atoms with van der Waals surface area (Å²) in [5, 5.41) is 8.72. The van der Waals surface area contributed by atoms with E-state index in [0.29, 0.717) is 5.75 Å². The first kappa shape index (κ1) is 14.9. The Labute approximate surface area is 126 Å². The first-order chi connectivity index (χ1) is 10.1. The Bertz CT molecular complexity index is 678. The average Bonchev–Trinajstić information content (AvgIpc) is 2.50. The Hall–Kier alpha value is -2.53. The van der Waals surface area contributed by atoms with Gasteiger partial charge < -0.3 is 4.74 Å². The maximum absolute atomic E-state index is 8.72. The van der Waals surface area contributed by atoms with Gasteiger partial charge in [-0.05, 0) is 30.2 Å². The lowest BCUT2D eigenvalue weighted by atomic mass is 9.77. The number of nitriles is 1. The monoisotopic (exact) mass is 277 g/mol. The van der Waals surface area contributed by atoms with Crippen LogP contribution in [0.15, 0.2) is 54.6 Å². The molecule has 0 aromatic heterocycles. The fraction of sp³-hybridized carbons (Fsp3) is 0.211. The molecular formula is C19H19NO. The Morgan fingerprint density at radius 1 is 1.05 bits per heavy atom. The van der Waals surface area contributed by atoms with Gasteiger partial charge in [0.05, 0.1) is 0 Å². The van der Waals surface area contributed by atoms with Crippen LogP contribution in [0.25, 0.3) is 6.08 Å². The van der Waals surface area contributed by atoms with Crippen LogP contribution in [0.2, 0.25) is 0 Å². The van der Waals surface area contributed by atoms with Crippen molar-refractivity contribution in [3.05, 3.63) is 71.3 Å². The van der Waals surface area contributed by atoms with Crippen molar-refractivity contribution in [2.24, 2.45) is 0 Å². The van der Waals surface area contributed by atoms with Gasteiger partial charge in [0.25, 0.3) is 6.26 Å². The van der Waals surface area contributed by atoms with Crippen molar-refractivity contribution in [1.29, 1.82) is 5.26 Å². The molecule has 0 amide bonds. The van der Waals surface area contributed by atoms with Gasteiger partial charge in [0.2, 0.25) is 0 Å². The molecule has 0 saturated carbocycles. The van der Waals surface area contributed by atoms with Gasteiger partial charge in [-0.25, -0.2) is 0 Å². The SMILES string of the molecule is CC=Cc1cc(C(C)(C)c2ccccc2)ccc1OC#N. The molecule has 2 aromatic carbocycles. The van der Waals surface area contributed by atoms with E-state index in [0.717, 1.165) is 5.56 Å². The lowest BCUT2D eigenvalue weighted by Crippen LogP contribution is -2.18. The fourth-order valence-electron chi connectivity index (χ4n) is 2.41. The molecule has 0 spiro atoms. The minimum absolute atomic E-state index is 0.108. The standard InChI is InChI=1S/C19H19NO/c1-4-8-15-13-17(11-12-18(15)21-14-20)19(2,3)16-9-6-5-7-10-16/h4-13H,1-3H3. The summed E-state index contributed by atoms with van der Waals surface area (Å²) < 4.78 is 5.02. The Morgan fingerprint density at radius 2 is 1.76 bits per heavy atom. The molecule has 0 atom stereocenters. The zero-order chi connectivity index (χ0) is 15.3. The van der Waals surface area contributed by atoms with Gasteiger partial charge in [-0.2, -0.15) is 0 Å². The highest BCUT2D eigenvalue weighted by atomic mass is 16.5. The van der Waals surface area contributed by atoms with Gasteiger partial charge in [-0.15, -0.1) is 5.26 Å². The Morgan fingerprint density at radius 3 is 2.38 bits per heavy atom. The normalized spacial score (nSPS) is 11.3. The summed E-state index contributed by atoms with van der Waals surface area (Å²) in [4.78, 5) is 0. The van der Waals surface area contributed by atoms with Crippen LogP contribution in [-0.4, -0.2) is 0 Å². The highest BCUT2D eigenvalue weighted by Gasteiger charge is 2.23. The number of ether oxygens (including phenoxy) is 1. The molecule has 0 aliphatic rings. The van der Waals surface area contributed by atoms with Gasteiger partial charge in [0, 0.05) is 11.0 Å². The van der Waals surface area contributed by atoms with E-state index in [-0.39, 0.29) is 5.41 Å². The quantitative estimate of drug-likeness (QED) is 0.744. The first-order valence-electron chi connectivity index (χ1n) is 6.98. The predicted octanol–water partition coefficient (Wildman–Crippen LogP) is 4.91.